The molecule has 0 aliphatic carbocycles. The molecule has 6 nitrogen and oxygen atoms in total. The number of amides is 2. The normalized spacial score (nSPS) is 24.4. The van der Waals surface area contributed by atoms with Gasteiger partial charge in [0, 0.05) is 18.7 Å². The zero-order valence-corrected chi connectivity index (χ0v) is 11.4. The number of rotatable bonds is 2. The molecule has 2 N–H and O–H groups in total. The van der Waals surface area contributed by atoms with Crippen molar-refractivity contribution < 1.29 is 19.5 Å². The average Bonchev–Trinajstić information content (AvgIpc) is 2.88. The fourth-order valence-electron chi connectivity index (χ4n) is 3.12. The van der Waals surface area contributed by atoms with Crippen molar-refractivity contribution in [2.45, 2.75) is 18.9 Å². The van der Waals surface area contributed by atoms with E-state index in [4.69, 9.17) is 5.11 Å². The summed E-state index contributed by atoms with van der Waals surface area (Å²) >= 11 is 0. The standard InChI is InChI=1S/C15H16N2O4/c18-13-11-2-1-7-17(12(11)8-16-13)14(19)9-3-5-10(6-4-9)15(20)21/h3-6,11-12H,1-2,7-8H2,(H,16,18)(H,20,21)/t11-,12-/m1/s1. The number of nitrogens with one attached hydrogen (secondary N) is 1. The van der Waals surface area contributed by atoms with Crippen LogP contribution in [0, 0.1) is 5.92 Å². The van der Waals surface area contributed by atoms with Crippen molar-refractivity contribution in [3.8, 4) is 0 Å². The van der Waals surface area contributed by atoms with Crippen LogP contribution in [0.3, 0.4) is 0 Å². The number of likely N-dealkylation sites (tertiary alicyclic amines) is 1. The highest BCUT2D eigenvalue weighted by Crippen LogP contribution is 2.28. The first-order chi connectivity index (χ1) is 10.1. The molecule has 3 rings (SSSR count). The third-order valence-electron chi connectivity index (χ3n) is 4.24. The number of carbonyl (C=O) groups is 3. The fraction of sp³-hybridized carbons (Fsp3) is 0.400. The molecule has 0 spiro atoms. The molecule has 0 bridgehead atoms. The summed E-state index contributed by atoms with van der Waals surface area (Å²) in [6.07, 6.45) is 1.63. The van der Waals surface area contributed by atoms with E-state index < -0.39 is 5.97 Å². The number of piperidine rings is 1. The maximum atomic E-state index is 12.6. The highest BCUT2D eigenvalue weighted by atomic mass is 16.4. The highest BCUT2D eigenvalue weighted by molar-refractivity contribution is 5.97. The van der Waals surface area contributed by atoms with Gasteiger partial charge < -0.3 is 15.3 Å². The van der Waals surface area contributed by atoms with Gasteiger partial charge in [-0.05, 0) is 37.1 Å². The van der Waals surface area contributed by atoms with E-state index in [1.54, 1.807) is 4.90 Å². The molecule has 2 aliphatic heterocycles. The maximum Gasteiger partial charge on any atom is 0.335 e. The van der Waals surface area contributed by atoms with Crippen LogP contribution in [0.2, 0.25) is 0 Å². The second-order valence-corrected chi connectivity index (χ2v) is 5.44. The molecular formula is C15H16N2O4. The van der Waals surface area contributed by atoms with Gasteiger partial charge in [0.1, 0.15) is 0 Å². The van der Waals surface area contributed by atoms with E-state index in [0.717, 1.165) is 12.8 Å². The van der Waals surface area contributed by atoms with Crippen LogP contribution in [0.1, 0.15) is 33.6 Å². The van der Waals surface area contributed by atoms with Crippen LogP contribution in [0.4, 0.5) is 0 Å². The number of carboxylic acids is 1. The molecule has 0 radical (unpaired) electrons. The van der Waals surface area contributed by atoms with Crippen LogP contribution in [0.25, 0.3) is 0 Å². The number of hydrogen-bond donors (Lipinski definition) is 2. The lowest BCUT2D eigenvalue weighted by atomic mass is 9.91. The van der Waals surface area contributed by atoms with Gasteiger partial charge in [-0.25, -0.2) is 4.79 Å². The molecule has 1 aromatic carbocycles. The molecule has 110 valence electrons. The van der Waals surface area contributed by atoms with Crippen LogP contribution < -0.4 is 5.32 Å². The number of aromatic carboxylic acids is 1. The predicted molar refractivity (Wildman–Crippen MR) is 74.0 cm³/mol. The van der Waals surface area contributed by atoms with E-state index in [2.05, 4.69) is 5.32 Å². The van der Waals surface area contributed by atoms with Crippen molar-refractivity contribution in [1.29, 1.82) is 0 Å². The van der Waals surface area contributed by atoms with Gasteiger partial charge in [0.05, 0.1) is 17.5 Å². The molecule has 2 saturated heterocycles. The van der Waals surface area contributed by atoms with E-state index >= 15 is 0 Å². The number of carbonyl (C=O) groups excluding carboxylic acids is 2. The lowest BCUT2D eigenvalue weighted by molar-refractivity contribution is -0.123. The van der Waals surface area contributed by atoms with E-state index in [1.165, 1.54) is 24.3 Å². The SMILES string of the molecule is O=C(O)c1ccc(C(=O)N2CCC[C@H]3C(=O)NC[C@H]32)cc1. The van der Waals surface area contributed by atoms with Crippen LogP contribution in [0.15, 0.2) is 24.3 Å². The Kier molecular flexibility index (Phi) is 3.37. The summed E-state index contributed by atoms with van der Waals surface area (Å²) in [5.41, 5.74) is 0.612. The maximum absolute atomic E-state index is 12.6. The van der Waals surface area contributed by atoms with Gasteiger partial charge in [0.25, 0.3) is 5.91 Å². The molecule has 0 saturated carbocycles. The second kappa shape index (κ2) is 5.20. The third-order valence-corrected chi connectivity index (χ3v) is 4.24. The lowest BCUT2D eigenvalue weighted by Crippen LogP contribution is -2.48. The molecule has 0 aromatic heterocycles. The molecule has 2 amide bonds. The molecule has 2 heterocycles. The minimum absolute atomic E-state index is 0.0266. The van der Waals surface area contributed by atoms with E-state index in [1.807, 2.05) is 0 Å². The van der Waals surface area contributed by atoms with Crippen LogP contribution in [-0.2, 0) is 4.79 Å². The van der Waals surface area contributed by atoms with Crippen molar-refractivity contribution in [2.75, 3.05) is 13.1 Å². The van der Waals surface area contributed by atoms with Gasteiger partial charge in [-0.3, -0.25) is 9.59 Å². The zero-order chi connectivity index (χ0) is 15.0. The molecule has 21 heavy (non-hydrogen) atoms. The van der Waals surface area contributed by atoms with Gasteiger partial charge in [-0.2, -0.15) is 0 Å². The van der Waals surface area contributed by atoms with Gasteiger partial charge in [0.2, 0.25) is 5.91 Å². The Labute approximate surface area is 121 Å². The number of fused-ring (bicyclic) bond motifs is 1. The average molecular weight is 288 g/mol. The second-order valence-electron chi connectivity index (χ2n) is 5.44. The van der Waals surface area contributed by atoms with Crippen molar-refractivity contribution in [3.63, 3.8) is 0 Å². The fourth-order valence-corrected chi connectivity index (χ4v) is 3.12. The monoisotopic (exact) mass is 288 g/mol. The Morgan fingerprint density at radius 3 is 2.52 bits per heavy atom. The first-order valence-corrected chi connectivity index (χ1v) is 7.00. The molecule has 6 heteroatoms. The van der Waals surface area contributed by atoms with E-state index in [-0.39, 0.29) is 29.3 Å². The topological polar surface area (TPSA) is 86.7 Å². The van der Waals surface area contributed by atoms with Gasteiger partial charge in [-0.15, -0.1) is 0 Å². The summed E-state index contributed by atoms with van der Waals surface area (Å²) in [5, 5.41) is 11.7. The Morgan fingerprint density at radius 2 is 1.86 bits per heavy atom. The summed E-state index contributed by atoms with van der Waals surface area (Å²) in [4.78, 5) is 36.9. The lowest BCUT2D eigenvalue weighted by Gasteiger charge is -2.36. The molecule has 1 aromatic rings. The molecule has 2 atom stereocenters. The zero-order valence-electron chi connectivity index (χ0n) is 11.4. The van der Waals surface area contributed by atoms with Gasteiger partial charge >= 0.3 is 5.97 Å². The van der Waals surface area contributed by atoms with Crippen molar-refractivity contribution in [1.82, 2.24) is 10.2 Å². The van der Waals surface area contributed by atoms with Crippen LogP contribution >= 0.6 is 0 Å². The summed E-state index contributed by atoms with van der Waals surface area (Å²) in [7, 11) is 0. The Balaban J connectivity index is 1.81. The molecule has 0 unspecified atom stereocenters. The quantitative estimate of drug-likeness (QED) is 0.840. The molecular weight excluding hydrogens is 272 g/mol. The largest absolute Gasteiger partial charge is 0.478 e. The summed E-state index contributed by atoms with van der Waals surface area (Å²) in [6, 6.07) is 5.82. The van der Waals surface area contributed by atoms with Crippen molar-refractivity contribution >= 4 is 17.8 Å². The predicted octanol–water partition coefficient (Wildman–Crippen LogP) is 0.735. The smallest absolute Gasteiger partial charge is 0.335 e. The Bertz CT molecular complexity index is 596. The van der Waals surface area contributed by atoms with Crippen molar-refractivity contribution in [3.05, 3.63) is 35.4 Å². The van der Waals surface area contributed by atoms with E-state index in [0.29, 0.717) is 18.7 Å². The van der Waals surface area contributed by atoms with Crippen molar-refractivity contribution in [2.24, 2.45) is 5.92 Å². The minimum Gasteiger partial charge on any atom is -0.478 e. The summed E-state index contributed by atoms with van der Waals surface area (Å²) in [5.74, 6) is -1.24. The first kappa shape index (κ1) is 13.6. The molecule has 2 aliphatic rings. The minimum atomic E-state index is -1.02. The molecule has 2 fully saturated rings. The number of nitrogens with zero attached hydrogens (tertiary/aromatic N) is 1. The van der Waals surface area contributed by atoms with Gasteiger partial charge in [-0.1, -0.05) is 0 Å². The number of hydrogen-bond acceptors (Lipinski definition) is 3. The Morgan fingerprint density at radius 1 is 1.19 bits per heavy atom. The first-order valence-electron chi connectivity index (χ1n) is 7.00. The van der Waals surface area contributed by atoms with Gasteiger partial charge in [0.15, 0.2) is 0 Å². The van der Waals surface area contributed by atoms with E-state index in [9.17, 15) is 14.4 Å². The Hall–Kier alpha value is -2.37. The third kappa shape index (κ3) is 2.37. The highest BCUT2D eigenvalue weighted by Gasteiger charge is 2.42. The van der Waals surface area contributed by atoms with Crippen LogP contribution in [0.5, 0.6) is 0 Å². The summed E-state index contributed by atoms with van der Waals surface area (Å²) < 4.78 is 0. The number of benzene rings is 1. The van der Waals surface area contributed by atoms with Crippen LogP contribution in [-0.4, -0.2) is 46.9 Å². The number of carboxylic acid groups (broad SMARTS) is 1. The summed E-state index contributed by atoms with van der Waals surface area (Å²) in [6.45, 7) is 1.14.